The van der Waals surface area contributed by atoms with Crippen molar-refractivity contribution in [2.45, 2.75) is 58.0 Å². The summed E-state index contributed by atoms with van der Waals surface area (Å²) in [4.78, 5) is 62.3. The fourth-order valence-corrected chi connectivity index (χ4v) is 3.27. The molecule has 0 spiro atoms. The van der Waals surface area contributed by atoms with Gasteiger partial charge in [-0.15, -0.1) is 0 Å². The van der Waals surface area contributed by atoms with Crippen molar-refractivity contribution < 1.29 is 24.0 Å². The molecule has 4 amide bonds. The molecule has 0 aromatic carbocycles. The molecule has 2 aliphatic rings. The highest BCUT2D eigenvalue weighted by Crippen LogP contribution is 2.33. The number of nitrogens with zero attached hydrogens (tertiary/aromatic N) is 1. The minimum atomic E-state index is -0.877. The van der Waals surface area contributed by atoms with Gasteiger partial charge in [0.05, 0.1) is 12.6 Å². The van der Waals surface area contributed by atoms with Crippen molar-refractivity contribution in [2.75, 3.05) is 20.1 Å². The summed E-state index contributed by atoms with van der Waals surface area (Å²) in [6, 6.07) is -1.57. The van der Waals surface area contributed by atoms with Gasteiger partial charge in [0.25, 0.3) is 5.91 Å². The Morgan fingerprint density at radius 3 is 2.32 bits per heavy atom. The number of hydrogen-bond donors (Lipinski definition) is 3. The number of amides is 4. The SMILES string of the molecule is CNC(=O)C(=O)C(CC1CC1)NC(=O)C1CCCN1C(=O)CNC(=O)C(C)C. The second kappa shape index (κ2) is 9.66. The molecular weight excluding hydrogens is 364 g/mol. The average Bonchev–Trinajstić information content (AvgIpc) is 3.35. The molecule has 3 N–H and O–H groups in total. The number of likely N-dealkylation sites (N-methyl/N-ethyl adjacent to an activating group) is 1. The van der Waals surface area contributed by atoms with Crippen LogP contribution in [0.15, 0.2) is 0 Å². The van der Waals surface area contributed by atoms with E-state index >= 15 is 0 Å². The monoisotopic (exact) mass is 394 g/mol. The van der Waals surface area contributed by atoms with Crippen LogP contribution >= 0.6 is 0 Å². The van der Waals surface area contributed by atoms with Crippen molar-refractivity contribution in [3.8, 4) is 0 Å². The number of nitrogens with one attached hydrogen (secondary N) is 3. The molecule has 0 bridgehead atoms. The predicted octanol–water partition coefficient (Wildman–Crippen LogP) is -0.650. The maximum Gasteiger partial charge on any atom is 0.289 e. The van der Waals surface area contributed by atoms with E-state index in [1.165, 1.54) is 11.9 Å². The third-order valence-electron chi connectivity index (χ3n) is 5.16. The molecule has 1 aliphatic heterocycles. The third-order valence-corrected chi connectivity index (χ3v) is 5.16. The predicted molar refractivity (Wildman–Crippen MR) is 101 cm³/mol. The Balaban J connectivity index is 1.97. The quantitative estimate of drug-likeness (QED) is 0.448. The molecule has 2 rings (SSSR count). The number of Topliss-reactive ketones (excluding diaryl/α,β-unsaturated/α-hetero) is 1. The topological polar surface area (TPSA) is 125 Å². The molecule has 0 aromatic rings. The van der Waals surface area contributed by atoms with Gasteiger partial charge < -0.3 is 20.9 Å². The van der Waals surface area contributed by atoms with Gasteiger partial charge in [0.15, 0.2) is 0 Å². The van der Waals surface area contributed by atoms with E-state index in [9.17, 15) is 24.0 Å². The second-order valence-corrected chi connectivity index (χ2v) is 7.80. The largest absolute Gasteiger partial charge is 0.353 e. The van der Waals surface area contributed by atoms with E-state index in [1.807, 2.05) is 0 Å². The molecule has 0 aromatic heterocycles. The highest BCUT2D eigenvalue weighted by Gasteiger charge is 2.38. The highest BCUT2D eigenvalue weighted by molar-refractivity contribution is 6.38. The lowest BCUT2D eigenvalue weighted by Crippen LogP contribution is -2.54. The molecule has 9 nitrogen and oxygen atoms in total. The molecule has 2 atom stereocenters. The van der Waals surface area contributed by atoms with Crippen molar-refractivity contribution in [3.05, 3.63) is 0 Å². The lowest BCUT2D eigenvalue weighted by molar-refractivity contribution is -0.142. The normalized spacial score (nSPS) is 19.9. The molecule has 1 saturated carbocycles. The maximum atomic E-state index is 12.8. The third kappa shape index (κ3) is 5.77. The molecule has 9 heteroatoms. The van der Waals surface area contributed by atoms with Crippen molar-refractivity contribution >= 4 is 29.4 Å². The smallest absolute Gasteiger partial charge is 0.289 e. The Morgan fingerprint density at radius 1 is 1.07 bits per heavy atom. The number of carbonyl (C=O) groups is 5. The van der Waals surface area contributed by atoms with E-state index in [2.05, 4.69) is 16.0 Å². The Labute approximate surface area is 165 Å². The van der Waals surface area contributed by atoms with Crippen LogP contribution in [0, 0.1) is 11.8 Å². The first-order valence-electron chi connectivity index (χ1n) is 9.88. The number of likely N-dealkylation sites (tertiary alicyclic amines) is 1. The van der Waals surface area contributed by atoms with Crippen LogP contribution in [0.25, 0.3) is 0 Å². The molecule has 2 unspecified atom stereocenters. The van der Waals surface area contributed by atoms with Crippen LogP contribution in [0.2, 0.25) is 0 Å². The Hall–Kier alpha value is -2.45. The van der Waals surface area contributed by atoms with Crippen molar-refractivity contribution in [2.24, 2.45) is 11.8 Å². The van der Waals surface area contributed by atoms with Crippen LogP contribution in [0.1, 0.15) is 46.0 Å². The summed E-state index contributed by atoms with van der Waals surface area (Å²) in [6.45, 7) is 3.72. The van der Waals surface area contributed by atoms with Crippen LogP contribution < -0.4 is 16.0 Å². The first-order valence-corrected chi connectivity index (χ1v) is 9.88. The number of hydrogen-bond acceptors (Lipinski definition) is 5. The fraction of sp³-hybridized carbons (Fsp3) is 0.737. The fourth-order valence-electron chi connectivity index (χ4n) is 3.27. The van der Waals surface area contributed by atoms with Gasteiger partial charge in [-0.05, 0) is 25.2 Å². The zero-order valence-corrected chi connectivity index (χ0v) is 16.7. The average molecular weight is 394 g/mol. The Bertz CT molecular complexity index is 644. The summed E-state index contributed by atoms with van der Waals surface area (Å²) in [7, 11) is 1.37. The van der Waals surface area contributed by atoms with E-state index in [1.54, 1.807) is 13.8 Å². The van der Waals surface area contributed by atoms with E-state index in [4.69, 9.17) is 0 Å². The number of ketones is 1. The van der Waals surface area contributed by atoms with Crippen molar-refractivity contribution in [1.29, 1.82) is 0 Å². The van der Waals surface area contributed by atoms with Gasteiger partial charge in [-0.25, -0.2) is 0 Å². The van der Waals surface area contributed by atoms with Crippen molar-refractivity contribution in [1.82, 2.24) is 20.9 Å². The number of rotatable bonds is 9. The van der Waals surface area contributed by atoms with E-state index in [-0.39, 0.29) is 24.3 Å². The summed E-state index contributed by atoms with van der Waals surface area (Å²) >= 11 is 0. The van der Waals surface area contributed by atoms with Gasteiger partial charge in [-0.1, -0.05) is 26.7 Å². The summed E-state index contributed by atoms with van der Waals surface area (Å²) < 4.78 is 0. The lowest BCUT2D eigenvalue weighted by atomic mass is 10.0. The molecule has 0 radical (unpaired) electrons. The van der Waals surface area contributed by atoms with E-state index < -0.39 is 29.7 Å². The van der Waals surface area contributed by atoms with Crippen LogP contribution in [-0.2, 0) is 24.0 Å². The van der Waals surface area contributed by atoms with E-state index in [0.29, 0.717) is 31.7 Å². The second-order valence-electron chi connectivity index (χ2n) is 7.80. The van der Waals surface area contributed by atoms with Gasteiger partial charge in [0, 0.05) is 19.5 Å². The van der Waals surface area contributed by atoms with Crippen molar-refractivity contribution in [3.63, 3.8) is 0 Å². The molecule has 28 heavy (non-hydrogen) atoms. The summed E-state index contributed by atoms with van der Waals surface area (Å²) in [5.41, 5.74) is 0. The summed E-state index contributed by atoms with van der Waals surface area (Å²) in [5, 5.41) is 7.55. The minimum absolute atomic E-state index is 0.163. The molecule has 1 aliphatic carbocycles. The minimum Gasteiger partial charge on any atom is -0.353 e. The van der Waals surface area contributed by atoms with Gasteiger partial charge in [-0.3, -0.25) is 24.0 Å². The zero-order chi connectivity index (χ0) is 20.8. The molecule has 1 heterocycles. The molecule has 2 fully saturated rings. The van der Waals surface area contributed by atoms with Gasteiger partial charge in [-0.2, -0.15) is 0 Å². The Morgan fingerprint density at radius 2 is 1.75 bits per heavy atom. The van der Waals surface area contributed by atoms with Crippen LogP contribution in [-0.4, -0.2) is 66.5 Å². The summed E-state index contributed by atoms with van der Waals surface area (Å²) in [5.74, 6) is -2.28. The van der Waals surface area contributed by atoms with Crippen LogP contribution in [0.3, 0.4) is 0 Å². The first kappa shape index (κ1) is 21.8. The molecule has 1 saturated heterocycles. The molecule has 156 valence electrons. The first-order chi connectivity index (χ1) is 13.2. The summed E-state index contributed by atoms with van der Waals surface area (Å²) in [6.07, 6.45) is 3.55. The highest BCUT2D eigenvalue weighted by atomic mass is 16.2. The van der Waals surface area contributed by atoms with Gasteiger partial charge in [0.1, 0.15) is 6.04 Å². The van der Waals surface area contributed by atoms with Gasteiger partial charge in [0.2, 0.25) is 23.5 Å². The lowest BCUT2D eigenvalue weighted by Gasteiger charge is -2.26. The van der Waals surface area contributed by atoms with Crippen LogP contribution in [0.4, 0.5) is 0 Å². The standard InChI is InChI=1S/C19H30N4O5/c1-11(2)17(26)21-10-15(24)23-8-4-5-14(23)18(27)22-13(9-12-6-7-12)16(25)19(28)20-3/h11-14H,4-10H2,1-3H3,(H,20,28)(H,21,26)(H,22,27). The Kier molecular flexibility index (Phi) is 7.53. The van der Waals surface area contributed by atoms with Crippen LogP contribution in [0.5, 0.6) is 0 Å². The van der Waals surface area contributed by atoms with E-state index in [0.717, 1.165) is 12.8 Å². The zero-order valence-electron chi connectivity index (χ0n) is 16.7. The van der Waals surface area contributed by atoms with Gasteiger partial charge >= 0.3 is 0 Å². The maximum absolute atomic E-state index is 12.8. The molecular formula is C19H30N4O5. The number of carbonyl (C=O) groups excluding carboxylic acids is 5.